The molecule has 1 aromatic heterocycles. The van der Waals surface area contributed by atoms with Crippen LogP contribution in [0.5, 0.6) is 0 Å². The number of hydrogen-bond donors (Lipinski definition) is 3. The van der Waals surface area contributed by atoms with Gasteiger partial charge in [0.05, 0.1) is 6.54 Å². The van der Waals surface area contributed by atoms with Crippen LogP contribution in [0.1, 0.15) is 44.3 Å². The monoisotopic (exact) mass is 296 g/mol. The molecule has 1 heterocycles. The van der Waals surface area contributed by atoms with E-state index in [0.29, 0.717) is 30.5 Å². The minimum absolute atomic E-state index is 0.0925. The summed E-state index contributed by atoms with van der Waals surface area (Å²) in [4.78, 5) is 27.4. The Morgan fingerprint density at radius 3 is 2.62 bits per heavy atom. The smallest absolute Gasteiger partial charge is 0.329 e. The zero-order chi connectivity index (χ0) is 15.5. The number of hydrogen-bond acceptors (Lipinski definition) is 5. The van der Waals surface area contributed by atoms with Gasteiger partial charge in [0.15, 0.2) is 5.82 Å². The predicted molar refractivity (Wildman–Crippen MR) is 72.4 cm³/mol. The molecule has 0 bridgehead atoms. The van der Waals surface area contributed by atoms with Crippen molar-refractivity contribution in [3.8, 4) is 0 Å². The van der Waals surface area contributed by atoms with Crippen molar-refractivity contribution in [2.24, 2.45) is 5.92 Å². The van der Waals surface area contributed by atoms with Gasteiger partial charge in [0.1, 0.15) is 5.54 Å². The van der Waals surface area contributed by atoms with E-state index in [2.05, 4.69) is 27.7 Å². The van der Waals surface area contributed by atoms with E-state index in [9.17, 15) is 14.7 Å². The number of aliphatic carboxylic acids is 1. The lowest BCUT2D eigenvalue weighted by Gasteiger charge is -2.36. The third-order valence-corrected chi connectivity index (χ3v) is 3.87. The van der Waals surface area contributed by atoms with Crippen LogP contribution in [0.25, 0.3) is 0 Å². The van der Waals surface area contributed by atoms with Crippen LogP contribution in [-0.2, 0) is 11.3 Å². The number of rotatable bonds is 4. The summed E-state index contributed by atoms with van der Waals surface area (Å²) < 4.78 is 4.79. The summed E-state index contributed by atoms with van der Waals surface area (Å²) >= 11 is 0. The standard InChI is InChI=1S/C13H20N4O4/c1-8-3-5-13(6-4-8,11(18)19)16-12(20)14-7-10-15-9(2)21-17-10/h8H,3-7H2,1-2H3,(H,18,19)(H2,14,16,20). The Bertz CT molecular complexity index is 520. The highest BCUT2D eigenvalue weighted by Gasteiger charge is 2.42. The van der Waals surface area contributed by atoms with E-state index in [1.165, 1.54) is 0 Å². The van der Waals surface area contributed by atoms with Crippen molar-refractivity contribution in [1.29, 1.82) is 0 Å². The van der Waals surface area contributed by atoms with Crippen molar-refractivity contribution < 1.29 is 19.2 Å². The number of nitrogens with one attached hydrogen (secondary N) is 2. The van der Waals surface area contributed by atoms with Gasteiger partial charge in [-0.3, -0.25) is 0 Å². The average molecular weight is 296 g/mol. The van der Waals surface area contributed by atoms with E-state index in [0.717, 1.165) is 12.8 Å². The average Bonchev–Trinajstić information content (AvgIpc) is 2.85. The van der Waals surface area contributed by atoms with Gasteiger partial charge in [0.25, 0.3) is 0 Å². The molecule has 0 aromatic carbocycles. The molecule has 8 nitrogen and oxygen atoms in total. The van der Waals surface area contributed by atoms with Gasteiger partial charge in [-0.05, 0) is 31.6 Å². The second-order valence-electron chi connectivity index (χ2n) is 5.61. The third-order valence-electron chi connectivity index (χ3n) is 3.87. The molecule has 0 radical (unpaired) electrons. The molecule has 3 N–H and O–H groups in total. The molecule has 0 unspecified atom stereocenters. The number of carbonyl (C=O) groups is 2. The lowest BCUT2D eigenvalue weighted by Crippen LogP contribution is -2.58. The summed E-state index contributed by atoms with van der Waals surface area (Å²) in [6.45, 7) is 3.83. The third kappa shape index (κ3) is 3.71. The molecule has 2 rings (SSSR count). The largest absolute Gasteiger partial charge is 0.480 e. The SMILES string of the molecule is Cc1nc(CNC(=O)NC2(C(=O)O)CCC(C)CC2)no1. The maximum absolute atomic E-state index is 11.9. The maximum Gasteiger partial charge on any atom is 0.329 e. The Hall–Kier alpha value is -2.12. The second kappa shape index (κ2) is 6.11. The first-order valence-electron chi connectivity index (χ1n) is 7.00. The van der Waals surface area contributed by atoms with Crippen LogP contribution in [0.4, 0.5) is 4.79 Å². The summed E-state index contributed by atoms with van der Waals surface area (Å²) in [5.74, 6) is 0.268. The minimum Gasteiger partial charge on any atom is -0.480 e. The Kier molecular flexibility index (Phi) is 4.44. The van der Waals surface area contributed by atoms with E-state index in [1.54, 1.807) is 6.92 Å². The molecule has 116 valence electrons. The summed E-state index contributed by atoms with van der Waals surface area (Å²) in [7, 11) is 0. The van der Waals surface area contributed by atoms with Crippen LogP contribution in [0.15, 0.2) is 4.52 Å². The highest BCUT2D eigenvalue weighted by Crippen LogP contribution is 2.32. The van der Waals surface area contributed by atoms with Gasteiger partial charge in [-0.15, -0.1) is 0 Å². The summed E-state index contributed by atoms with van der Waals surface area (Å²) in [5, 5.41) is 18.2. The predicted octanol–water partition coefficient (Wildman–Crippen LogP) is 1.21. The maximum atomic E-state index is 11.9. The lowest BCUT2D eigenvalue weighted by molar-refractivity contribution is -0.146. The number of carboxylic acids is 1. The Morgan fingerprint density at radius 1 is 1.43 bits per heavy atom. The van der Waals surface area contributed by atoms with Crippen LogP contribution in [0.2, 0.25) is 0 Å². The molecule has 2 amide bonds. The van der Waals surface area contributed by atoms with Crippen molar-refractivity contribution in [2.75, 3.05) is 0 Å². The molecule has 0 atom stereocenters. The van der Waals surface area contributed by atoms with E-state index < -0.39 is 17.5 Å². The first-order chi connectivity index (χ1) is 9.91. The zero-order valence-electron chi connectivity index (χ0n) is 12.2. The zero-order valence-corrected chi connectivity index (χ0v) is 12.2. The van der Waals surface area contributed by atoms with Gasteiger partial charge in [0.2, 0.25) is 5.89 Å². The second-order valence-corrected chi connectivity index (χ2v) is 5.61. The number of carbonyl (C=O) groups excluding carboxylic acids is 1. The number of urea groups is 1. The lowest BCUT2D eigenvalue weighted by atomic mass is 9.77. The summed E-state index contributed by atoms with van der Waals surface area (Å²) in [6, 6.07) is -0.533. The quantitative estimate of drug-likeness (QED) is 0.768. The number of nitrogens with zero attached hydrogens (tertiary/aromatic N) is 2. The van der Waals surface area contributed by atoms with Gasteiger partial charge in [-0.1, -0.05) is 12.1 Å². The molecule has 1 aliphatic rings. The van der Waals surface area contributed by atoms with E-state index in [-0.39, 0.29) is 6.54 Å². The fourth-order valence-electron chi connectivity index (χ4n) is 2.48. The van der Waals surface area contributed by atoms with Crippen molar-refractivity contribution in [2.45, 2.75) is 51.6 Å². The Labute approximate surface area is 122 Å². The van der Waals surface area contributed by atoms with Crippen molar-refractivity contribution in [3.05, 3.63) is 11.7 Å². The molecule has 1 aliphatic carbocycles. The molecular formula is C13H20N4O4. The van der Waals surface area contributed by atoms with Crippen LogP contribution in [-0.4, -0.2) is 32.8 Å². The summed E-state index contributed by atoms with van der Waals surface area (Å²) in [5.41, 5.74) is -1.18. The van der Waals surface area contributed by atoms with Crippen molar-refractivity contribution in [3.63, 3.8) is 0 Å². The molecule has 1 aromatic rings. The molecule has 8 heteroatoms. The highest BCUT2D eigenvalue weighted by molar-refractivity contribution is 5.86. The van der Waals surface area contributed by atoms with Gasteiger partial charge in [0, 0.05) is 6.92 Å². The number of carboxylic acid groups (broad SMARTS) is 1. The number of amides is 2. The van der Waals surface area contributed by atoms with Crippen LogP contribution < -0.4 is 10.6 Å². The minimum atomic E-state index is -1.18. The van der Waals surface area contributed by atoms with Crippen LogP contribution in [0.3, 0.4) is 0 Å². The molecule has 1 fully saturated rings. The summed E-state index contributed by atoms with van der Waals surface area (Å²) in [6.07, 6.45) is 2.46. The van der Waals surface area contributed by atoms with Gasteiger partial charge in [-0.25, -0.2) is 9.59 Å². The van der Waals surface area contributed by atoms with E-state index in [4.69, 9.17) is 4.52 Å². The normalized spacial score (nSPS) is 25.3. The van der Waals surface area contributed by atoms with E-state index in [1.807, 2.05) is 0 Å². The van der Waals surface area contributed by atoms with Gasteiger partial charge in [-0.2, -0.15) is 4.98 Å². The highest BCUT2D eigenvalue weighted by atomic mass is 16.5. The van der Waals surface area contributed by atoms with Crippen molar-refractivity contribution in [1.82, 2.24) is 20.8 Å². The molecular weight excluding hydrogens is 276 g/mol. The van der Waals surface area contributed by atoms with Gasteiger partial charge < -0.3 is 20.3 Å². The molecule has 0 spiro atoms. The van der Waals surface area contributed by atoms with Crippen molar-refractivity contribution >= 4 is 12.0 Å². The van der Waals surface area contributed by atoms with Gasteiger partial charge >= 0.3 is 12.0 Å². The molecule has 21 heavy (non-hydrogen) atoms. The first-order valence-corrected chi connectivity index (χ1v) is 7.00. The molecule has 1 saturated carbocycles. The fourth-order valence-corrected chi connectivity index (χ4v) is 2.48. The fraction of sp³-hybridized carbons (Fsp3) is 0.692. The Balaban J connectivity index is 1.91. The first kappa shape index (κ1) is 15.3. The van der Waals surface area contributed by atoms with Crippen LogP contribution in [0, 0.1) is 12.8 Å². The molecule has 0 aliphatic heterocycles. The topological polar surface area (TPSA) is 117 Å². The Morgan fingerprint density at radius 2 is 2.10 bits per heavy atom. The molecule has 0 saturated heterocycles. The van der Waals surface area contributed by atoms with E-state index >= 15 is 0 Å². The number of aryl methyl sites for hydroxylation is 1. The van der Waals surface area contributed by atoms with Crippen LogP contribution >= 0.6 is 0 Å². The number of aromatic nitrogens is 2.